The van der Waals surface area contributed by atoms with Crippen LogP contribution < -0.4 is 5.32 Å². The van der Waals surface area contributed by atoms with Crippen LogP contribution in [0.25, 0.3) is 0 Å². The number of nitrogens with one attached hydrogen (secondary N) is 1. The molecule has 2 rings (SSSR count). The van der Waals surface area contributed by atoms with Gasteiger partial charge in [-0.3, -0.25) is 10.1 Å². The van der Waals surface area contributed by atoms with E-state index in [2.05, 4.69) is 10.1 Å². The predicted molar refractivity (Wildman–Crippen MR) is 54.2 cm³/mol. The fraction of sp³-hybridized carbons (Fsp3) is 0.273. The number of rotatable bonds is 2. The first-order valence-electron chi connectivity index (χ1n) is 4.93. The Bertz CT molecular complexity index is 429. The van der Waals surface area contributed by atoms with E-state index in [1.807, 2.05) is 0 Å². The van der Waals surface area contributed by atoms with Gasteiger partial charge in [0.25, 0.3) is 0 Å². The van der Waals surface area contributed by atoms with Crippen molar-refractivity contribution in [2.75, 3.05) is 5.32 Å². The van der Waals surface area contributed by atoms with Crippen molar-refractivity contribution in [3.63, 3.8) is 0 Å². The van der Waals surface area contributed by atoms with E-state index in [0.29, 0.717) is 0 Å². The quantitative estimate of drug-likeness (QED) is 0.618. The van der Waals surface area contributed by atoms with E-state index in [1.165, 1.54) is 18.2 Å². The molecule has 16 heavy (non-hydrogen) atoms. The molecule has 1 N–H and O–H groups in total. The third kappa shape index (κ3) is 2.79. The number of carbonyl (C=O) groups excluding carboxylic acids is 2. The van der Waals surface area contributed by atoms with Crippen molar-refractivity contribution in [1.29, 1.82) is 0 Å². The van der Waals surface area contributed by atoms with E-state index in [9.17, 15) is 14.0 Å². The Labute approximate surface area is 91.4 Å². The maximum absolute atomic E-state index is 12.8. The van der Waals surface area contributed by atoms with Crippen LogP contribution in [0.2, 0.25) is 0 Å². The average molecular weight is 223 g/mol. The first-order valence-corrected chi connectivity index (χ1v) is 4.93. The van der Waals surface area contributed by atoms with Crippen LogP contribution >= 0.6 is 0 Å². The molecule has 1 fully saturated rings. The van der Waals surface area contributed by atoms with E-state index in [-0.39, 0.29) is 11.6 Å². The van der Waals surface area contributed by atoms with Gasteiger partial charge in [0.1, 0.15) is 5.82 Å². The number of anilines is 1. The molecule has 1 aromatic rings. The second-order valence-electron chi connectivity index (χ2n) is 3.62. The van der Waals surface area contributed by atoms with Gasteiger partial charge in [-0.1, -0.05) is 6.07 Å². The number of amides is 1. The number of ether oxygens (including phenoxy) is 1. The summed E-state index contributed by atoms with van der Waals surface area (Å²) in [7, 11) is 0. The van der Waals surface area contributed by atoms with Gasteiger partial charge in [0.2, 0.25) is 0 Å². The van der Waals surface area contributed by atoms with Crippen LogP contribution in [0.15, 0.2) is 24.3 Å². The second kappa shape index (κ2) is 4.30. The lowest BCUT2D eigenvalue weighted by Gasteiger charge is -2.04. The predicted octanol–water partition coefficient (Wildman–Crippen LogP) is 2.31. The Balaban J connectivity index is 1.89. The fourth-order valence-electron chi connectivity index (χ4n) is 1.20. The van der Waals surface area contributed by atoms with Crippen LogP contribution in [-0.2, 0) is 9.53 Å². The molecule has 0 atom stereocenters. The zero-order valence-electron chi connectivity index (χ0n) is 8.40. The minimum absolute atomic E-state index is 0.141. The molecule has 0 radical (unpaired) electrons. The van der Waals surface area contributed by atoms with Gasteiger partial charge in [-0.05, 0) is 31.0 Å². The third-order valence-corrected chi connectivity index (χ3v) is 2.17. The minimum Gasteiger partial charge on any atom is -0.376 e. The summed E-state index contributed by atoms with van der Waals surface area (Å²) in [6.45, 7) is 0. The Morgan fingerprint density at radius 1 is 1.38 bits per heavy atom. The molecule has 84 valence electrons. The Kier molecular flexibility index (Phi) is 2.85. The Hall–Kier alpha value is -1.91. The lowest BCUT2D eigenvalue weighted by Crippen LogP contribution is -2.19. The van der Waals surface area contributed by atoms with Crippen molar-refractivity contribution >= 4 is 17.7 Å². The number of hydrogen-bond donors (Lipinski definition) is 1. The third-order valence-electron chi connectivity index (χ3n) is 2.17. The SMILES string of the molecule is O=C(Nc1cccc(F)c1)OC(=O)C1CC1. The molecule has 0 aliphatic heterocycles. The van der Waals surface area contributed by atoms with Crippen LogP contribution in [0.3, 0.4) is 0 Å². The van der Waals surface area contributed by atoms with Crippen LogP contribution in [0, 0.1) is 11.7 Å². The molecule has 0 spiro atoms. The lowest BCUT2D eigenvalue weighted by molar-refractivity contribution is -0.138. The molecule has 4 nitrogen and oxygen atoms in total. The molecule has 1 aromatic carbocycles. The van der Waals surface area contributed by atoms with Gasteiger partial charge in [-0.25, -0.2) is 9.18 Å². The standard InChI is InChI=1S/C11H10FNO3/c12-8-2-1-3-9(6-8)13-11(15)16-10(14)7-4-5-7/h1-3,6-7H,4-5H2,(H,13,15). The topological polar surface area (TPSA) is 55.4 Å². The van der Waals surface area contributed by atoms with Crippen LogP contribution in [0.1, 0.15) is 12.8 Å². The molecule has 0 saturated heterocycles. The van der Waals surface area contributed by atoms with E-state index in [0.717, 1.165) is 18.9 Å². The number of esters is 1. The molecule has 0 unspecified atom stereocenters. The molecule has 1 aliphatic carbocycles. The van der Waals surface area contributed by atoms with E-state index >= 15 is 0 Å². The minimum atomic E-state index is -0.873. The molecule has 0 heterocycles. The maximum atomic E-state index is 12.8. The van der Waals surface area contributed by atoms with Crippen molar-refractivity contribution in [2.45, 2.75) is 12.8 Å². The van der Waals surface area contributed by atoms with Gasteiger partial charge in [-0.15, -0.1) is 0 Å². The average Bonchev–Trinajstić information content (AvgIpc) is 2.99. The highest BCUT2D eigenvalue weighted by atomic mass is 19.1. The maximum Gasteiger partial charge on any atom is 0.419 e. The molecular formula is C11H10FNO3. The first kappa shape index (κ1) is 10.6. The zero-order valence-corrected chi connectivity index (χ0v) is 8.40. The monoisotopic (exact) mass is 223 g/mol. The summed E-state index contributed by atoms with van der Waals surface area (Å²) in [5.41, 5.74) is 0.258. The van der Waals surface area contributed by atoms with E-state index in [4.69, 9.17) is 0 Å². The highest BCUT2D eigenvalue weighted by Crippen LogP contribution is 2.30. The molecule has 1 aliphatic rings. The normalized spacial score (nSPS) is 14.3. The number of benzene rings is 1. The lowest BCUT2D eigenvalue weighted by atomic mass is 10.3. The van der Waals surface area contributed by atoms with Crippen LogP contribution in [-0.4, -0.2) is 12.1 Å². The summed E-state index contributed by atoms with van der Waals surface area (Å²) in [4.78, 5) is 22.3. The summed E-state index contributed by atoms with van der Waals surface area (Å²) < 4.78 is 17.3. The van der Waals surface area contributed by atoms with Gasteiger partial charge in [-0.2, -0.15) is 0 Å². The largest absolute Gasteiger partial charge is 0.419 e. The van der Waals surface area contributed by atoms with Gasteiger partial charge < -0.3 is 4.74 Å². The van der Waals surface area contributed by atoms with Gasteiger partial charge in [0.05, 0.1) is 5.92 Å². The molecule has 0 aromatic heterocycles. The number of carbonyl (C=O) groups is 2. The number of hydrogen-bond acceptors (Lipinski definition) is 3. The zero-order chi connectivity index (χ0) is 11.5. The van der Waals surface area contributed by atoms with Crippen molar-refractivity contribution in [1.82, 2.24) is 0 Å². The fourth-order valence-corrected chi connectivity index (χ4v) is 1.20. The van der Waals surface area contributed by atoms with Gasteiger partial charge in [0.15, 0.2) is 0 Å². The molecule has 5 heteroatoms. The Morgan fingerprint density at radius 3 is 2.75 bits per heavy atom. The second-order valence-corrected chi connectivity index (χ2v) is 3.62. The molecular weight excluding hydrogens is 213 g/mol. The van der Waals surface area contributed by atoms with Gasteiger partial charge in [0, 0.05) is 5.69 Å². The summed E-state index contributed by atoms with van der Waals surface area (Å²) >= 11 is 0. The van der Waals surface area contributed by atoms with Crippen molar-refractivity contribution in [3.8, 4) is 0 Å². The molecule has 0 bridgehead atoms. The Morgan fingerprint density at radius 2 is 2.12 bits per heavy atom. The summed E-state index contributed by atoms with van der Waals surface area (Å²) in [5, 5.41) is 2.27. The molecule has 1 amide bonds. The molecule has 1 saturated carbocycles. The summed E-state index contributed by atoms with van der Waals surface area (Å²) in [5.74, 6) is -1.13. The van der Waals surface area contributed by atoms with Crippen LogP contribution in [0.5, 0.6) is 0 Å². The van der Waals surface area contributed by atoms with Gasteiger partial charge >= 0.3 is 12.1 Å². The van der Waals surface area contributed by atoms with Crippen molar-refractivity contribution < 1.29 is 18.7 Å². The highest BCUT2D eigenvalue weighted by molar-refractivity contribution is 5.94. The number of halogens is 1. The van der Waals surface area contributed by atoms with Crippen molar-refractivity contribution in [3.05, 3.63) is 30.1 Å². The van der Waals surface area contributed by atoms with Crippen molar-refractivity contribution in [2.24, 2.45) is 5.92 Å². The van der Waals surface area contributed by atoms with Crippen LogP contribution in [0.4, 0.5) is 14.9 Å². The summed E-state index contributed by atoms with van der Waals surface area (Å²) in [6.07, 6.45) is 0.667. The first-order chi connectivity index (χ1) is 7.65. The smallest absolute Gasteiger partial charge is 0.376 e. The summed E-state index contributed by atoms with van der Waals surface area (Å²) in [6, 6.07) is 5.36. The highest BCUT2D eigenvalue weighted by Gasteiger charge is 2.32. The van der Waals surface area contributed by atoms with E-state index in [1.54, 1.807) is 0 Å². The van der Waals surface area contributed by atoms with E-state index < -0.39 is 17.9 Å².